The van der Waals surface area contributed by atoms with Crippen molar-refractivity contribution in [2.75, 3.05) is 16.8 Å². The van der Waals surface area contributed by atoms with Gasteiger partial charge in [0.05, 0.1) is 22.9 Å². The molecule has 3 rings (SSSR count). The first-order valence-electron chi connectivity index (χ1n) is 6.64. The van der Waals surface area contributed by atoms with Crippen molar-refractivity contribution in [1.29, 1.82) is 0 Å². The number of aliphatic hydroxyl groups excluding tert-OH is 1. The van der Waals surface area contributed by atoms with E-state index in [0.717, 1.165) is 11.3 Å². The van der Waals surface area contributed by atoms with Gasteiger partial charge in [-0.1, -0.05) is 41.3 Å². The lowest BCUT2D eigenvalue weighted by Gasteiger charge is -2.08. The zero-order chi connectivity index (χ0) is 15.7. The van der Waals surface area contributed by atoms with Gasteiger partial charge in [-0.2, -0.15) is 0 Å². The van der Waals surface area contributed by atoms with Gasteiger partial charge in [-0.15, -0.1) is 10.2 Å². The minimum Gasteiger partial charge on any atom is -0.391 e. The van der Waals surface area contributed by atoms with Gasteiger partial charge in [-0.25, -0.2) is 8.42 Å². The monoisotopic (exact) mass is 357 g/mol. The Balaban J connectivity index is 1.68. The Bertz CT molecular complexity index is 776. The summed E-state index contributed by atoms with van der Waals surface area (Å²) >= 11 is 2.62. The van der Waals surface area contributed by atoms with Crippen molar-refractivity contribution in [1.82, 2.24) is 10.2 Å². The third-order valence-corrected chi connectivity index (χ3v) is 7.48. The van der Waals surface area contributed by atoms with Gasteiger partial charge in [-0.3, -0.25) is 0 Å². The minimum absolute atomic E-state index is 0.0149. The standard InChI is InChI=1S/C13H15N3O3S3/c1-8-4-2-3-5-9(8)14-12-15-16-13(21-12)20-11-7-22(18,19)6-10(11)17/h2-5,10-11,17H,6-7H2,1H3,(H,14,15)/t10-,11-/m1/s1. The average Bonchev–Trinajstić information content (AvgIpc) is 2.97. The van der Waals surface area contributed by atoms with Gasteiger partial charge >= 0.3 is 0 Å². The topological polar surface area (TPSA) is 92.2 Å². The molecule has 0 aliphatic carbocycles. The Morgan fingerprint density at radius 3 is 2.77 bits per heavy atom. The molecule has 22 heavy (non-hydrogen) atoms. The molecule has 0 radical (unpaired) electrons. The van der Waals surface area contributed by atoms with Gasteiger partial charge < -0.3 is 10.4 Å². The summed E-state index contributed by atoms with van der Waals surface area (Å²) in [5.74, 6) is -0.184. The van der Waals surface area contributed by atoms with Crippen LogP contribution in [0.25, 0.3) is 0 Å². The lowest BCUT2D eigenvalue weighted by molar-refractivity contribution is 0.207. The molecule has 1 aromatic carbocycles. The number of sulfone groups is 1. The number of benzene rings is 1. The molecule has 2 atom stereocenters. The van der Waals surface area contributed by atoms with Crippen LogP contribution in [0.1, 0.15) is 5.56 Å². The summed E-state index contributed by atoms with van der Waals surface area (Å²) < 4.78 is 23.7. The normalized spacial score (nSPS) is 23.5. The summed E-state index contributed by atoms with van der Waals surface area (Å²) in [6.07, 6.45) is -0.841. The molecule has 0 spiro atoms. The molecule has 1 aliphatic rings. The van der Waals surface area contributed by atoms with Crippen LogP contribution in [0, 0.1) is 6.92 Å². The maximum Gasteiger partial charge on any atom is 0.210 e. The highest BCUT2D eigenvalue weighted by Crippen LogP contribution is 2.35. The molecule has 2 aromatic rings. The lowest BCUT2D eigenvalue weighted by Crippen LogP contribution is -2.19. The Morgan fingerprint density at radius 1 is 1.32 bits per heavy atom. The Labute approximate surface area is 136 Å². The molecular weight excluding hydrogens is 342 g/mol. The molecule has 0 unspecified atom stereocenters. The second-order valence-corrected chi connectivity index (χ2v) is 9.73. The minimum atomic E-state index is -3.14. The van der Waals surface area contributed by atoms with E-state index in [1.807, 2.05) is 31.2 Å². The molecule has 0 amide bonds. The van der Waals surface area contributed by atoms with Crippen LogP contribution < -0.4 is 5.32 Å². The van der Waals surface area contributed by atoms with Crippen LogP contribution >= 0.6 is 23.1 Å². The molecule has 1 aliphatic heterocycles. The van der Waals surface area contributed by atoms with E-state index in [-0.39, 0.29) is 16.8 Å². The molecule has 118 valence electrons. The Kier molecular flexibility index (Phi) is 4.40. The largest absolute Gasteiger partial charge is 0.391 e. The van der Waals surface area contributed by atoms with E-state index in [1.54, 1.807) is 0 Å². The van der Waals surface area contributed by atoms with Crippen molar-refractivity contribution in [3.05, 3.63) is 29.8 Å². The third-order valence-electron chi connectivity index (χ3n) is 3.32. The molecule has 9 heteroatoms. The summed E-state index contributed by atoms with van der Waals surface area (Å²) in [4.78, 5) is 0. The first-order chi connectivity index (χ1) is 10.4. The molecule has 1 saturated heterocycles. The molecule has 2 heterocycles. The van der Waals surface area contributed by atoms with E-state index >= 15 is 0 Å². The highest BCUT2D eigenvalue weighted by Gasteiger charge is 2.37. The molecule has 1 fully saturated rings. The quantitative estimate of drug-likeness (QED) is 0.862. The lowest BCUT2D eigenvalue weighted by atomic mass is 10.2. The van der Waals surface area contributed by atoms with Gasteiger partial charge in [0.1, 0.15) is 0 Å². The second-order valence-electron chi connectivity index (χ2n) is 5.11. The van der Waals surface area contributed by atoms with E-state index < -0.39 is 15.9 Å². The smallest absolute Gasteiger partial charge is 0.210 e. The number of para-hydroxylation sites is 1. The number of hydrogen-bond acceptors (Lipinski definition) is 8. The Hall–Kier alpha value is -1.16. The summed E-state index contributed by atoms with van der Waals surface area (Å²) in [6.45, 7) is 2.00. The predicted molar refractivity (Wildman–Crippen MR) is 88.7 cm³/mol. The zero-order valence-corrected chi connectivity index (χ0v) is 14.2. The van der Waals surface area contributed by atoms with E-state index in [4.69, 9.17) is 0 Å². The highest BCUT2D eigenvalue weighted by atomic mass is 32.2. The molecule has 0 bridgehead atoms. The van der Waals surface area contributed by atoms with Crippen molar-refractivity contribution in [2.45, 2.75) is 22.6 Å². The fraction of sp³-hybridized carbons (Fsp3) is 0.385. The summed E-state index contributed by atoms with van der Waals surface area (Å²) in [7, 11) is -3.14. The summed E-state index contributed by atoms with van der Waals surface area (Å²) in [5.41, 5.74) is 2.06. The van der Waals surface area contributed by atoms with Crippen molar-refractivity contribution >= 4 is 43.8 Å². The number of hydrogen-bond donors (Lipinski definition) is 2. The number of thioether (sulfide) groups is 1. The SMILES string of the molecule is Cc1ccccc1Nc1nnc(S[C@@H]2CS(=O)(=O)C[C@H]2O)s1. The number of anilines is 2. The first kappa shape index (κ1) is 15.7. The van der Waals surface area contributed by atoms with Crippen LogP contribution in [-0.4, -0.2) is 46.6 Å². The van der Waals surface area contributed by atoms with Crippen LogP contribution in [0.3, 0.4) is 0 Å². The summed E-state index contributed by atoms with van der Waals surface area (Å²) in [5, 5.41) is 21.4. The average molecular weight is 357 g/mol. The highest BCUT2D eigenvalue weighted by molar-refractivity contribution is 8.03. The Morgan fingerprint density at radius 2 is 2.09 bits per heavy atom. The van der Waals surface area contributed by atoms with Gasteiger partial charge in [0.2, 0.25) is 5.13 Å². The van der Waals surface area contributed by atoms with Crippen LogP contribution in [0.4, 0.5) is 10.8 Å². The zero-order valence-electron chi connectivity index (χ0n) is 11.8. The van der Waals surface area contributed by atoms with Crippen LogP contribution in [0.15, 0.2) is 28.6 Å². The second kappa shape index (κ2) is 6.15. The molecule has 6 nitrogen and oxygen atoms in total. The van der Waals surface area contributed by atoms with Gasteiger partial charge in [-0.05, 0) is 18.6 Å². The molecule has 1 aromatic heterocycles. The first-order valence-corrected chi connectivity index (χ1v) is 10.2. The number of aromatic nitrogens is 2. The van der Waals surface area contributed by atoms with E-state index in [2.05, 4.69) is 15.5 Å². The maximum atomic E-state index is 11.5. The van der Waals surface area contributed by atoms with Gasteiger partial charge in [0.15, 0.2) is 14.2 Å². The van der Waals surface area contributed by atoms with Gasteiger partial charge in [0.25, 0.3) is 0 Å². The van der Waals surface area contributed by atoms with Crippen LogP contribution in [0.2, 0.25) is 0 Å². The van der Waals surface area contributed by atoms with Crippen LogP contribution in [0.5, 0.6) is 0 Å². The van der Waals surface area contributed by atoms with Crippen molar-refractivity contribution in [3.8, 4) is 0 Å². The van der Waals surface area contributed by atoms with Crippen molar-refractivity contribution in [3.63, 3.8) is 0 Å². The number of aliphatic hydroxyl groups is 1. The van der Waals surface area contributed by atoms with E-state index in [9.17, 15) is 13.5 Å². The fourth-order valence-corrected chi connectivity index (χ4v) is 6.69. The molecular formula is C13H15N3O3S3. The number of aryl methyl sites for hydroxylation is 1. The van der Waals surface area contributed by atoms with Crippen molar-refractivity contribution in [2.24, 2.45) is 0 Å². The van der Waals surface area contributed by atoms with Crippen molar-refractivity contribution < 1.29 is 13.5 Å². The number of nitrogens with zero attached hydrogens (tertiary/aromatic N) is 2. The predicted octanol–water partition coefficient (Wildman–Crippen LogP) is 1.84. The third kappa shape index (κ3) is 3.60. The fourth-order valence-electron chi connectivity index (χ4n) is 2.18. The summed E-state index contributed by atoms with van der Waals surface area (Å²) in [6, 6.07) is 7.85. The number of rotatable bonds is 4. The number of nitrogens with one attached hydrogen (secondary N) is 1. The van der Waals surface area contributed by atoms with E-state index in [1.165, 1.54) is 23.1 Å². The molecule has 2 N–H and O–H groups in total. The molecule has 0 saturated carbocycles. The van der Waals surface area contributed by atoms with Gasteiger partial charge in [0, 0.05) is 5.69 Å². The van der Waals surface area contributed by atoms with E-state index in [0.29, 0.717) is 9.47 Å². The van der Waals surface area contributed by atoms with Crippen LogP contribution in [-0.2, 0) is 9.84 Å². The maximum absolute atomic E-state index is 11.5.